The molecule has 1 saturated carbocycles. The van der Waals surface area contributed by atoms with E-state index in [1.54, 1.807) is 0 Å². The number of piperidine rings is 1. The van der Waals surface area contributed by atoms with Gasteiger partial charge in [-0.3, -0.25) is 4.79 Å². The highest BCUT2D eigenvalue weighted by Crippen LogP contribution is 2.30. The van der Waals surface area contributed by atoms with E-state index in [0.717, 1.165) is 18.9 Å². The Morgan fingerprint density at radius 2 is 1.81 bits per heavy atom. The third-order valence-corrected chi connectivity index (χ3v) is 5.50. The molecule has 8 heteroatoms. The van der Waals surface area contributed by atoms with E-state index in [-0.39, 0.29) is 17.8 Å². The number of halogens is 3. The molecule has 3 rings (SSSR count). The number of rotatable bonds is 4. The van der Waals surface area contributed by atoms with Crippen LogP contribution in [0.3, 0.4) is 0 Å². The minimum Gasteiger partial charge on any atom is -0.356 e. The first-order valence-electron chi connectivity index (χ1n) is 9.78. The zero-order valence-electron chi connectivity index (χ0n) is 15.7. The van der Waals surface area contributed by atoms with Crippen molar-refractivity contribution in [3.8, 4) is 0 Å². The molecular formula is C19H27F3N4O. The Balaban J connectivity index is 1.51. The third-order valence-electron chi connectivity index (χ3n) is 5.50. The lowest BCUT2D eigenvalue weighted by atomic mass is 9.86. The molecule has 0 bridgehead atoms. The zero-order valence-corrected chi connectivity index (χ0v) is 15.7. The summed E-state index contributed by atoms with van der Waals surface area (Å²) >= 11 is 0. The molecule has 0 radical (unpaired) electrons. The highest BCUT2D eigenvalue weighted by atomic mass is 19.4. The quantitative estimate of drug-likeness (QED) is 0.856. The Labute approximate surface area is 157 Å². The van der Waals surface area contributed by atoms with Gasteiger partial charge in [0.15, 0.2) is 0 Å². The van der Waals surface area contributed by atoms with Crippen LogP contribution in [0, 0.1) is 12.8 Å². The number of hydrogen-bond donors (Lipinski definition) is 1. The van der Waals surface area contributed by atoms with Crippen LogP contribution < -0.4 is 10.2 Å². The van der Waals surface area contributed by atoms with Gasteiger partial charge in [-0.05, 0) is 38.5 Å². The van der Waals surface area contributed by atoms with Crippen LogP contribution in [-0.4, -0.2) is 35.0 Å². The van der Waals surface area contributed by atoms with Gasteiger partial charge in [0.2, 0.25) is 5.91 Å². The maximum Gasteiger partial charge on any atom is 0.433 e. The first-order chi connectivity index (χ1) is 12.8. The van der Waals surface area contributed by atoms with Crippen LogP contribution in [0.2, 0.25) is 0 Å². The number of hydrogen-bond acceptors (Lipinski definition) is 4. The minimum atomic E-state index is -4.48. The number of carbonyl (C=O) groups is 1. The third kappa shape index (κ3) is 5.56. The molecule has 1 saturated heterocycles. The van der Waals surface area contributed by atoms with Crippen molar-refractivity contribution in [3.05, 3.63) is 17.6 Å². The van der Waals surface area contributed by atoms with Crippen molar-refractivity contribution in [2.45, 2.75) is 70.5 Å². The van der Waals surface area contributed by atoms with Gasteiger partial charge >= 0.3 is 6.18 Å². The molecule has 5 nitrogen and oxygen atoms in total. The van der Waals surface area contributed by atoms with Crippen molar-refractivity contribution in [3.63, 3.8) is 0 Å². The highest BCUT2D eigenvalue weighted by molar-refractivity contribution is 5.76. The van der Waals surface area contributed by atoms with Gasteiger partial charge in [0.25, 0.3) is 0 Å². The molecular weight excluding hydrogens is 357 g/mol. The Morgan fingerprint density at radius 3 is 2.44 bits per heavy atom. The van der Waals surface area contributed by atoms with Gasteiger partial charge in [-0.15, -0.1) is 0 Å². The van der Waals surface area contributed by atoms with E-state index in [1.807, 2.05) is 4.90 Å². The van der Waals surface area contributed by atoms with Crippen LogP contribution in [0.4, 0.5) is 19.0 Å². The molecule has 1 amide bonds. The van der Waals surface area contributed by atoms with E-state index in [2.05, 4.69) is 15.3 Å². The molecule has 27 heavy (non-hydrogen) atoms. The van der Waals surface area contributed by atoms with E-state index in [1.165, 1.54) is 26.2 Å². The maximum atomic E-state index is 13.0. The molecule has 1 aromatic heterocycles. The highest BCUT2D eigenvalue weighted by Gasteiger charge is 2.34. The SMILES string of the molecule is Cc1nc(N2CCC(NC(=O)CC3CCCCC3)CC2)cc(C(F)(F)F)n1. The Bertz CT molecular complexity index is 651. The predicted molar refractivity (Wildman–Crippen MR) is 96.3 cm³/mol. The molecule has 1 N–H and O–H groups in total. The van der Waals surface area contributed by atoms with Crippen LogP contribution in [0.5, 0.6) is 0 Å². The number of amides is 1. The van der Waals surface area contributed by atoms with E-state index in [4.69, 9.17) is 0 Å². The van der Waals surface area contributed by atoms with Gasteiger partial charge < -0.3 is 10.2 Å². The lowest BCUT2D eigenvalue weighted by Crippen LogP contribution is -2.45. The summed E-state index contributed by atoms with van der Waals surface area (Å²) in [4.78, 5) is 21.8. The normalized spacial score (nSPS) is 19.9. The first-order valence-corrected chi connectivity index (χ1v) is 9.78. The molecule has 1 aromatic rings. The van der Waals surface area contributed by atoms with E-state index in [0.29, 0.717) is 44.1 Å². The second-order valence-corrected chi connectivity index (χ2v) is 7.69. The zero-order chi connectivity index (χ0) is 19.4. The lowest BCUT2D eigenvalue weighted by molar-refractivity contribution is -0.141. The molecule has 1 aliphatic heterocycles. The Morgan fingerprint density at radius 1 is 1.15 bits per heavy atom. The molecule has 2 fully saturated rings. The number of nitrogens with zero attached hydrogens (tertiary/aromatic N) is 3. The fraction of sp³-hybridized carbons (Fsp3) is 0.737. The van der Waals surface area contributed by atoms with Gasteiger partial charge in [-0.2, -0.15) is 13.2 Å². The number of nitrogens with one attached hydrogen (secondary N) is 1. The van der Waals surface area contributed by atoms with Crippen molar-refractivity contribution in [1.82, 2.24) is 15.3 Å². The molecule has 0 unspecified atom stereocenters. The second kappa shape index (κ2) is 8.44. The molecule has 1 aliphatic carbocycles. The second-order valence-electron chi connectivity index (χ2n) is 7.69. The number of aromatic nitrogens is 2. The fourth-order valence-electron chi connectivity index (χ4n) is 4.05. The summed E-state index contributed by atoms with van der Waals surface area (Å²) in [5, 5.41) is 3.11. The number of carbonyl (C=O) groups excluding carboxylic acids is 1. The van der Waals surface area contributed by atoms with Crippen molar-refractivity contribution in [2.24, 2.45) is 5.92 Å². The van der Waals surface area contributed by atoms with Gasteiger partial charge in [-0.1, -0.05) is 19.3 Å². The van der Waals surface area contributed by atoms with Gasteiger partial charge in [-0.25, -0.2) is 9.97 Å². The van der Waals surface area contributed by atoms with E-state index < -0.39 is 11.9 Å². The van der Waals surface area contributed by atoms with E-state index in [9.17, 15) is 18.0 Å². The summed E-state index contributed by atoms with van der Waals surface area (Å²) in [6.45, 7) is 2.61. The summed E-state index contributed by atoms with van der Waals surface area (Å²) in [5.41, 5.74) is -0.909. The van der Waals surface area contributed by atoms with Crippen molar-refractivity contribution in [2.75, 3.05) is 18.0 Å². The summed E-state index contributed by atoms with van der Waals surface area (Å²) < 4.78 is 38.9. The number of alkyl halides is 3. The molecule has 0 atom stereocenters. The molecule has 0 spiro atoms. The molecule has 0 aromatic carbocycles. The van der Waals surface area contributed by atoms with Gasteiger partial charge in [0.1, 0.15) is 17.3 Å². The Kier molecular flexibility index (Phi) is 6.22. The summed E-state index contributed by atoms with van der Waals surface area (Å²) in [6, 6.07) is 1.09. The Hall–Kier alpha value is -1.86. The van der Waals surface area contributed by atoms with Crippen LogP contribution in [-0.2, 0) is 11.0 Å². The van der Waals surface area contributed by atoms with Crippen molar-refractivity contribution < 1.29 is 18.0 Å². The lowest BCUT2D eigenvalue weighted by Gasteiger charge is -2.33. The number of aryl methyl sites for hydroxylation is 1. The smallest absolute Gasteiger partial charge is 0.356 e. The van der Waals surface area contributed by atoms with Crippen LogP contribution >= 0.6 is 0 Å². The topological polar surface area (TPSA) is 58.1 Å². The van der Waals surface area contributed by atoms with Gasteiger partial charge in [0, 0.05) is 31.6 Å². The largest absolute Gasteiger partial charge is 0.433 e. The monoisotopic (exact) mass is 384 g/mol. The molecule has 150 valence electrons. The fourth-order valence-corrected chi connectivity index (χ4v) is 4.05. The average molecular weight is 384 g/mol. The van der Waals surface area contributed by atoms with Crippen LogP contribution in [0.1, 0.15) is 62.9 Å². The van der Waals surface area contributed by atoms with Crippen LogP contribution in [0.25, 0.3) is 0 Å². The molecule has 2 aliphatic rings. The summed E-state index contributed by atoms with van der Waals surface area (Å²) in [7, 11) is 0. The predicted octanol–water partition coefficient (Wildman–Crippen LogP) is 3.86. The maximum absolute atomic E-state index is 13.0. The average Bonchev–Trinajstić information content (AvgIpc) is 2.62. The summed E-state index contributed by atoms with van der Waals surface area (Å²) in [5.74, 6) is 1.03. The van der Waals surface area contributed by atoms with Crippen molar-refractivity contribution in [1.29, 1.82) is 0 Å². The first kappa shape index (κ1) is 19.9. The van der Waals surface area contributed by atoms with Crippen LogP contribution in [0.15, 0.2) is 6.07 Å². The minimum absolute atomic E-state index is 0.0855. The van der Waals surface area contributed by atoms with Gasteiger partial charge in [0.05, 0.1) is 0 Å². The van der Waals surface area contributed by atoms with E-state index >= 15 is 0 Å². The molecule has 2 heterocycles. The summed E-state index contributed by atoms with van der Waals surface area (Å²) in [6.07, 6.45) is 3.52. The standard InChI is InChI=1S/C19H27F3N4O/c1-13-23-16(19(20,21)22)12-17(24-13)26-9-7-15(8-10-26)25-18(27)11-14-5-3-2-4-6-14/h12,14-15H,2-11H2,1H3,(H,25,27). The number of anilines is 1. The van der Waals surface area contributed by atoms with Crippen molar-refractivity contribution >= 4 is 11.7 Å².